The van der Waals surface area contributed by atoms with E-state index in [1.807, 2.05) is 18.0 Å². The summed E-state index contributed by atoms with van der Waals surface area (Å²) < 4.78 is 1.11. The van der Waals surface area contributed by atoms with Crippen molar-refractivity contribution >= 4 is 33.2 Å². The number of hydrogen-bond acceptors (Lipinski definition) is 3. The van der Waals surface area contributed by atoms with Gasteiger partial charge in [0.1, 0.15) is 0 Å². The molecule has 1 saturated carbocycles. The van der Waals surface area contributed by atoms with Crippen LogP contribution in [0.5, 0.6) is 0 Å². The van der Waals surface area contributed by atoms with Crippen molar-refractivity contribution in [3.63, 3.8) is 0 Å². The summed E-state index contributed by atoms with van der Waals surface area (Å²) in [5.41, 5.74) is 5.94. The van der Waals surface area contributed by atoms with E-state index in [0.717, 1.165) is 29.5 Å². The summed E-state index contributed by atoms with van der Waals surface area (Å²) in [6.45, 7) is 0.695. The fourth-order valence-electron chi connectivity index (χ4n) is 2.51. The fraction of sp³-hybridized carbons (Fsp3) is 0.615. The average Bonchev–Trinajstić information content (AvgIpc) is 2.73. The Morgan fingerprint density at radius 2 is 2.33 bits per heavy atom. The van der Waals surface area contributed by atoms with Gasteiger partial charge in [-0.15, -0.1) is 11.3 Å². The molecule has 1 aromatic rings. The van der Waals surface area contributed by atoms with Crippen LogP contribution in [0, 0.1) is 5.92 Å². The summed E-state index contributed by atoms with van der Waals surface area (Å²) >= 11 is 5.12. The molecule has 1 heterocycles. The van der Waals surface area contributed by atoms with Crippen molar-refractivity contribution in [1.29, 1.82) is 0 Å². The van der Waals surface area contributed by atoms with Crippen molar-refractivity contribution in [2.75, 3.05) is 7.05 Å². The van der Waals surface area contributed by atoms with E-state index in [4.69, 9.17) is 5.73 Å². The maximum atomic E-state index is 12.3. The third-order valence-electron chi connectivity index (χ3n) is 3.46. The first kappa shape index (κ1) is 14.0. The van der Waals surface area contributed by atoms with Crippen molar-refractivity contribution in [3.05, 3.63) is 20.8 Å². The van der Waals surface area contributed by atoms with E-state index in [2.05, 4.69) is 22.0 Å². The van der Waals surface area contributed by atoms with Crippen LogP contribution in [0.15, 0.2) is 15.9 Å². The second-order valence-corrected chi connectivity index (χ2v) is 7.57. The number of carbonyl (C=O) groups is 1. The Kier molecular flexibility index (Phi) is 4.81. The van der Waals surface area contributed by atoms with Gasteiger partial charge in [-0.05, 0) is 47.3 Å². The smallest absolute Gasteiger partial charge is 0.225 e. The van der Waals surface area contributed by atoms with E-state index in [-0.39, 0.29) is 17.9 Å². The molecule has 2 rings (SSSR count). The van der Waals surface area contributed by atoms with E-state index in [9.17, 15) is 4.79 Å². The predicted molar refractivity (Wildman–Crippen MR) is 78.4 cm³/mol. The average molecular weight is 331 g/mol. The van der Waals surface area contributed by atoms with Gasteiger partial charge in [0.15, 0.2) is 0 Å². The van der Waals surface area contributed by atoms with Crippen LogP contribution in [-0.2, 0) is 11.3 Å². The van der Waals surface area contributed by atoms with E-state index < -0.39 is 0 Å². The quantitative estimate of drug-likeness (QED) is 0.925. The van der Waals surface area contributed by atoms with E-state index in [0.29, 0.717) is 6.54 Å². The van der Waals surface area contributed by atoms with Crippen LogP contribution in [0.25, 0.3) is 0 Å². The molecule has 1 aliphatic carbocycles. The topological polar surface area (TPSA) is 46.3 Å². The molecule has 0 aliphatic heterocycles. The van der Waals surface area contributed by atoms with Crippen LogP contribution in [-0.4, -0.2) is 23.9 Å². The van der Waals surface area contributed by atoms with Gasteiger partial charge in [-0.2, -0.15) is 0 Å². The van der Waals surface area contributed by atoms with Gasteiger partial charge >= 0.3 is 0 Å². The Labute approximate surface area is 120 Å². The predicted octanol–water partition coefficient (Wildman–Crippen LogP) is 2.99. The molecule has 2 atom stereocenters. The monoisotopic (exact) mass is 330 g/mol. The highest BCUT2D eigenvalue weighted by Gasteiger charge is 2.27. The summed E-state index contributed by atoms with van der Waals surface area (Å²) in [7, 11) is 1.89. The van der Waals surface area contributed by atoms with Crippen LogP contribution in [0.2, 0.25) is 0 Å². The molecule has 0 radical (unpaired) electrons. The number of hydrogen-bond donors (Lipinski definition) is 1. The second kappa shape index (κ2) is 6.17. The van der Waals surface area contributed by atoms with Crippen LogP contribution in [0.3, 0.4) is 0 Å². The minimum Gasteiger partial charge on any atom is -0.340 e. The lowest BCUT2D eigenvalue weighted by atomic mass is 9.85. The van der Waals surface area contributed by atoms with Crippen molar-refractivity contribution < 1.29 is 4.79 Å². The molecule has 0 bridgehead atoms. The Balaban J connectivity index is 1.91. The number of amides is 1. The maximum absolute atomic E-state index is 12.3. The Bertz CT molecular complexity index is 421. The lowest BCUT2D eigenvalue weighted by Crippen LogP contribution is -2.38. The zero-order valence-electron chi connectivity index (χ0n) is 10.6. The first-order valence-corrected chi connectivity index (χ1v) is 7.92. The number of halogens is 1. The Morgan fingerprint density at radius 1 is 1.56 bits per heavy atom. The second-order valence-electron chi connectivity index (χ2n) is 5.02. The number of nitrogens with two attached hydrogens (primary N) is 1. The van der Waals surface area contributed by atoms with Gasteiger partial charge in [0.05, 0.1) is 10.3 Å². The minimum atomic E-state index is 0.127. The Morgan fingerprint density at radius 3 is 2.94 bits per heavy atom. The van der Waals surface area contributed by atoms with Crippen molar-refractivity contribution in [3.8, 4) is 0 Å². The molecule has 1 aromatic heterocycles. The molecule has 2 N–H and O–H groups in total. The minimum absolute atomic E-state index is 0.127. The Hall–Kier alpha value is -0.390. The van der Waals surface area contributed by atoms with Gasteiger partial charge in [0.2, 0.25) is 5.91 Å². The molecule has 0 aromatic carbocycles. The zero-order valence-corrected chi connectivity index (χ0v) is 13.0. The highest BCUT2D eigenvalue weighted by Crippen LogP contribution is 2.27. The molecule has 3 nitrogen and oxygen atoms in total. The lowest BCUT2D eigenvalue weighted by molar-refractivity contribution is -0.135. The zero-order chi connectivity index (χ0) is 13.1. The molecule has 1 aliphatic rings. The van der Waals surface area contributed by atoms with Crippen LogP contribution in [0.1, 0.15) is 30.6 Å². The summed E-state index contributed by atoms with van der Waals surface area (Å²) in [6.07, 6.45) is 3.98. The summed E-state index contributed by atoms with van der Waals surface area (Å²) in [4.78, 5) is 15.4. The van der Waals surface area contributed by atoms with Gasteiger partial charge in [-0.25, -0.2) is 0 Å². The van der Waals surface area contributed by atoms with Crippen molar-refractivity contribution in [2.45, 2.75) is 38.3 Å². The maximum Gasteiger partial charge on any atom is 0.225 e. The highest BCUT2D eigenvalue weighted by molar-refractivity contribution is 9.11. The third kappa shape index (κ3) is 3.56. The SMILES string of the molecule is CN(Cc1ccc(Br)s1)C(=O)C1CCCC(N)C1. The molecule has 5 heteroatoms. The van der Waals surface area contributed by atoms with Gasteiger partial charge in [-0.1, -0.05) is 6.42 Å². The number of carbonyl (C=O) groups excluding carboxylic acids is 1. The normalized spacial score (nSPS) is 23.9. The number of rotatable bonds is 3. The van der Waals surface area contributed by atoms with Gasteiger partial charge in [0, 0.05) is 23.9 Å². The first-order valence-electron chi connectivity index (χ1n) is 6.31. The summed E-state index contributed by atoms with van der Waals surface area (Å²) in [5, 5.41) is 0. The van der Waals surface area contributed by atoms with Crippen molar-refractivity contribution in [1.82, 2.24) is 4.90 Å². The first-order chi connectivity index (χ1) is 8.56. The number of thiophene rings is 1. The standard InChI is InChI=1S/C13H19BrN2OS/c1-16(8-11-5-6-12(14)18-11)13(17)9-3-2-4-10(15)7-9/h5-6,9-10H,2-4,7-8,15H2,1H3. The van der Waals surface area contributed by atoms with Crippen LogP contribution < -0.4 is 5.73 Å². The lowest BCUT2D eigenvalue weighted by Gasteiger charge is -2.29. The van der Waals surface area contributed by atoms with E-state index in [1.165, 1.54) is 4.88 Å². The molecule has 18 heavy (non-hydrogen) atoms. The summed E-state index contributed by atoms with van der Waals surface area (Å²) in [6, 6.07) is 4.29. The largest absolute Gasteiger partial charge is 0.340 e. The number of nitrogens with zero attached hydrogens (tertiary/aromatic N) is 1. The van der Waals surface area contributed by atoms with Gasteiger partial charge in [0.25, 0.3) is 0 Å². The molecule has 2 unspecified atom stereocenters. The highest BCUT2D eigenvalue weighted by atomic mass is 79.9. The molecular formula is C13H19BrN2OS. The molecule has 1 fully saturated rings. The van der Waals surface area contributed by atoms with Crippen LogP contribution >= 0.6 is 27.3 Å². The van der Waals surface area contributed by atoms with Crippen molar-refractivity contribution in [2.24, 2.45) is 11.7 Å². The van der Waals surface area contributed by atoms with Gasteiger partial charge in [-0.3, -0.25) is 4.79 Å². The fourth-order valence-corrected chi connectivity index (χ4v) is 4.05. The molecule has 1 amide bonds. The molecular weight excluding hydrogens is 312 g/mol. The van der Waals surface area contributed by atoms with E-state index in [1.54, 1.807) is 11.3 Å². The third-order valence-corrected chi connectivity index (χ3v) is 5.07. The molecule has 100 valence electrons. The molecule has 0 spiro atoms. The van der Waals surface area contributed by atoms with Gasteiger partial charge < -0.3 is 10.6 Å². The van der Waals surface area contributed by atoms with Crippen LogP contribution in [0.4, 0.5) is 0 Å². The molecule has 0 saturated heterocycles. The van der Waals surface area contributed by atoms with E-state index >= 15 is 0 Å². The summed E-state index contributed by atoms with van der Waals surface area (Å²) in [5.74, 6) is 0.372.